The fraction of sp³-hybridized carbons (Fsp3) is 0.385. The predicted molar refractivity (Wildman–Crippen MR) is 69.0 cm³/mol. The third-order valence-corrected chi connectivity index (χ3v) is 3.48. The lowest BCUT2D eigenvalue weighted by Gasteiger charge is -2.28. The number of amides is 2. The Morgan fingerprint density at radius 1 is 1.47 bits per heavy atom. The fourth-order valence-corrected chi connectivity index (χ4v) is 2.20. The summed E-state index contributed by atoms with van der Waals surface area (Å²) >= 11 is 5.68. The maximum absolute atomic E-state index is 13.0. The molecule has 1 N–H and O–H groups in total. The van der Waals surface area contributed by atoms with Crippen molar-refractivity contribution in [2.45, 2.75) is 25.4 Å². The number of carbonyl (C=O) groups excluding carboxylic acids is 2. The van der Waals surface area contributed by atoms with Crippen LogP contribution < -0.4 is 5.32 Å². The molecule has 1 fully saturated rings. The van der Waals surface area contributed by atoms with Gasteiger partial charge < -0.3 is 5.32 Å². The molecule has 1 heterocycles. The van der Waals surface area contributed by atoms with Crippen LogP contribution in [0.15, 0.2) is 18.2 Å². The molecule has 0 radical (unpaired) electrons. The summed E-state index contributed by atoms with van der Waals surface area (Å²) in [5.41, 5.74) is 0.791. The van der Waals surface area contributed by atoms with Gasteiger partial charge in [0, 0.05) is 20.0 Å². The van der Waals surface area contributed by atoms with Crippen molar-refractivity contribution < 1.29 is 14.0 Å². The highest BCUT2D eigenvalue weighted by Crippen LogP contribution is 2.17. The highest BCUT2D eigenvalue weighted by Gasteiger charge is 2.31. The summed E-state index contributed by atoms with van der Waals surface area (Å²) in [6, 6.07) is 4.03. The van der Waals surface area contributed by atoms with E-state index in [-0.39, 0.29) is 22.9 Å². The molecule has 1 saturated heterocycles. The van der Waals surface area contributed by atoms with E-state index in [2.05, 4.69) is 5.32 Å². The SMILES string of the molecule is CN1C(=O)CCC(NCc2ccc(F)c(Cl)c2)C1=O. The first-order valence-corrected chi connectivity index (χ1v) is 6.34. The van der Waals surface area contributed by atoms with E-state index in [0.29, 0.717) is 19.4 Å². The molecule has 1 aromatic rings. The minimum atomic E-state index is -0.468. The molecule has 4 nitrogen and oxygen atoms in total. The van der Waals surface area contributed by atoms with Gasteiger partial charge in [-0.1, -0.05) is 17.7 Å². The smallest absolute Gasteiger partial charge is 0.246 e. The van der Waals surface area contributed by atoms with Gasteiger partial charge in [-0.3, -0.25) is 14.5 Å². The largest absolute Gasteiger partial charge is 0.302 e. The molecule has 6 heteroatoms. The van der Waals surface area contributed by atoms with Gasteiger partial charge in [0.05, 0.1) is 11.1 Å². The normalized spacial score (nSPS) is 19.9. The molecule has 2 amide bonds. The van der Waals surface area contributed by atoms with Crippen molar-refractivity contribution in [1.82, 2.24) is 10.2 Å². The molecule has 0 aliphatic carbocycles. The number of nitrogens with zero attached hydrogens (tertiary/aromatic N) is 1. The highest BCUT2D eigenvalue weighted by atomic mass is 35.5. The number of rotatable bonds is 3. The predicted octanol–water partition coefficient (Wildman–Crippen LogP) is 1.72. The van der Waals surface area contributed by atoms with Gasteiger partial charge in [0.25, 0.3) is 0 Å². The fourth-order valence-electron chi connectivity index (χ4n) is 2.00. The van der Waals surface area contributed by atoms with Crippen LogP contribution in [0.2, 0.25) is 5.02 Å². The molecule has 1 aliphatic heterocycles. The lowest BCUT2D eigenvalue weighted by Crippen LogP contribution is -2.51. The van der Waals surface area contributed by atoms with Crippen molar-refractivity contribution in [3.63, 3.8) is 0 Å². The van der Waals surface area contributed by atoms with E-state index in [1.807, 2.05) is 0 Å². The van der Waals surface area contributed by atoms with E-state index in [0.717, 1.165) is 10.5 Å². The average molecular weight is 285 g/mol. The molecule has 0 saturated carbocycles. The van der Waals surface area contributed by atoms with Crippen LogP contribution in [-0.4, -0.2) is 29.8 Å². The quantitative estimate of drug-likeness (QED) is 0.860. The van der Waals surface area contributed by atoms with Crippen molar-refractivity contribution >= 4 is 23.4 Å². The molecule has 102 valence electrons. The molecular formula is C13H14ClFN2O2. The second-order valence-corrected chi connectivity index (χ2v) is 4.92. The monoisotopic (exact) mass is 284 g/mol. The Balaban J connectivity index is 1.97. The molecule has 1 atom stereocenters. The molecule has 19 heavy (non-hydrogen) atoms. The maximum Gasteiger partial charge on any atom is 0.246 e. The van der Waals surface area contributed by atoms with Crippen LogP contribution in [0.5, 0.6) is 0 Å². The van der Waals surface area contributed by atoms with E-state index in [1.165, 1.54) is 19.2 Å². The number of hydrogen-bond donors (Lipinski definition) is 1. The van der Waals surface area contributed by atoms with Crippen LogP contribution in [-0.2, 0) is 16.1 Å². The molecule has 0 aromatic heterocycles. The van der Waals surface area contributed by atoms with Crippen molar-refractivity contribution in [3.05, 3.63) is 34.6 Å². The van der Waals surface area contributed by atoms with Gasteiger partial charge in [0.1, 0.15) is 5.82 Å². The van der Waals surface area contributed by atoms with Crippen molar-refractivity contribution in [1.29, 1.82) is 0 Å². The van der Waals surface area contributed by atoms with Crippen molar-refractivity contribution in [2.75, 3.05) is 7.05 Å². The number of imide groups is 1. The minimum absolute atomic E-state index is 0.0570. The first-order valence-electron chi connectivity index (χ1n) is 5.96. The first-order chi connectivity index (χ1) is 8.99. The van der Waals surface area contributed by atoms with Crippen LogP contribution >= 0.6 is 11.6 Å². The summed E-state index contributed by atoms with van der Waals surface area (Å²) in [7, 11) is 1.48. The average Bonchev–Trinajstić information content (AvgIpc) is 2.39. The molecule has 1 unspecified atom stereocenters. The number of halogens is 2. The van der Waals surface area contributed by atoms with Gasteiger partial charge in [-0.05, 0) is 24.1 Å². The van der Waals surface area contributed by atoms with Gasteiger partial charge in [-0.15, -0.1) is 0 Å². The zero-order chi connectivity index (χ0) is 14.0. The third kappa shape index (κ3) is 3.11. The minimum Gasteiger partial charge on any atom is -0.302 e. The maximum atomic E-state index is 13.0. The summed E-state index contributed by atoms with van der Waals surface area (Å²) in [5.74, 6) is -0.859. The molecule has 0 bridgehead atoms. The Hall–Kier alpha value is -1.46. The number of carbonyl (C=O) groups is 2. The lowest BCUT2D eigenvalue weighted by molar-refractivity contribution is -0.148. The van der Waals surface area contributed by atoms with Gasteiger partial charge in [-0.2, -0.15) is 0 Å². The molecule has 0 spiro atoms. The highest BCUT2D eigenvalue weighted by molar-refractivity contribution is 6.30. The van der Waals surface area contributed by atoms with E-state index in [9.17, 15) is 14.0 Å². The van der Waals surface area contributed by atoms with Crippen molar-refractivity contribution in [2.24, 2.45) is 0 Å². The molecule has 2 rings (SSSR count). The summed E-state index contributed by atoms with van der Waals surface area (Å²) < 4.78 is 13.0. The third-order valence-electron chi connectivity index (χ3n) is 3.19. The van der Waals surface area contributed by atoms with Gasteiger partial charge in [-0.25, -0.2) is 4.39 Å². The zero-order valence-electron chi connectivity index (χ0n) is 10.5. The number of likely N-dealkylation sites (N-methyl/N-ethyl adjacent to an activating group) is 1. The first kappa shape index (κ1) is 14.0. The Bertz CT molecular complexity index is 521. The zero-order valence-corrected chi connectivity index (χ0v) is 11.2. The summed E-state index contributed by atoms with van der Waals surface area (Å²) in [6.07, 6.45) is 0.834. The van der Waals surface area contributed by atoms with Crippen LogP contribution in [0.1, 0.15) is 18.4 Å². The lowest BCUT2D eigenvalue weighted by atomic mass is 10.0. The Morgan fingerprint density at radius 3 is 2.89 bits per heavy atom. The summed E-state index contributed by atoms with van der Waals surface area (Å²) in [6.45, 7) is 0.401. The number of nitrogens with one attached hydrogen (secondary N) is 1. The number of piperidine rings is 1. The molecule has 1 aliphatic rings. The topological polar surface area (TPSA) is 49.4 Å². The van der Waals surface area contributed by atoms with Gasteiger partial charge >= 0.3 is 0 Å². The summed E-state index contributed by atoms with van der Waals surface area (Å²) in [4.78, 5) is 24.3. The van der Waals surface area contributed by atoms with Gasteiger partial charge in [0.2, 0.25) is 11.8 Å². The van der Waals surface area contributed by atoms with Crippen molar-refractivity contribution in [3.8, 4) is 0 Å². The number of hydrogen-bond acceptors (Lipinski definition) is 3. The number of likely N-dealkylation sites (tertiary alicyclic amines) is 1. The van der Waals surface area contributed by atoms with Crippen LogP contribution in [0, 0.1) is 5.82 Å². The van der Waals surface area contributed by atoms with Crippen LogP contribution in [0.25, 0.3) is 0 Å². The Morgan fingerprint density at radius 2 is 2.21 bits per heavy atom. The van der Waals surface area contributed by atoms with Gasteiger partial charge in [0.15, 0.2) is 0 Å². The van der Waals surface area contributed by atoms with E-state index >= 15 is 0 Å². The molecule has 1 aromatic carbocycles. The second-order valence-electron chi connectivity index (χ2n) is 4.51. The van der Waals surface area contributed by atoms with E-state index in [1.54, 1.807) is 6.07 Å². The van der Waals surface area contributed by atoms with Crippen LogP contribution in [0.4, 0.5) is 4.39 Å². The standard InChI is InChI=1S/C13H14ClFN2O2/c1-17-12(18)5-4-11(13(17)19)16-7-8-2-3-10(15)9(14)6-8/h2-3,6,11,16H,4-5,7H2,1H3. The van der Waals surface area contributed by atoms with Crippen LogP contribution in [0.3, 0.4) is 0 Å². The van der Waals surface area contributed by atoms with E-state index in [4.69, 9.17) is 11.6 Å². The number of benzene rings is 1. The summed E-state index contributed by atoms with van der Waals surface area (Å²) in [5, 5.41) is 3.12. The van der Waals surface area contributed by atoms with E-state index < -0.39 is 5.82 Å². The Labute approximate surface area is 115 Å². The molecular weight excluding hydrogens is 271 g/mol. The second kappa shape index (κ2) is 5.67. The Kier molecular flexibility index (Phi) is 4.17.